The zero-order chi connectivity index (χ0) is 12.7. The number of ether oxygens (including phenoxy) is 1. The smallest absolute Gasteiger partial charge is 0.322 e. The van der Waals surface area contributed by atoms with Gasteiger partial charge in [0.2, 0.25) is 11.9 Å². The Balaban J connectivity index is 2.54. The lowest BCUT2D eigenvalue weighted by Crippen LogP contribution is -2.33. The van der Waals surface area contributed by atoms with Gasteiger partial charge < -0.3 is 21.1 Å². The molecule has 2 amide bonds. The van der Waals surface area contributed by atoms with Crippen LogP contribution in [0.3, 0.4) is 0 Å². The van der Waals surface area contributed by atoms with Gasteiger partial charge in [0.1, 0.15) is 0 Å². The Morgan fingerprint density at radius 1 is 1.29 bits per heavy atom. The average Bonchev–Trinajstić information content (AvgIpc) is 2.34. The largest absolute Gasteiger partial charge is 0.467 e. The molecule has 17 heavy (non-hydrogen) atoms. The van der Waals surface area contributed by atoms with E-state index in [1.807, 2.05) is 0 Å². The number of aromatic nitrogens is 3. The number of anilines is 2. The maximum absolute atomic E-state index is 10.4. The van der Waals surface area contributed by atoms with E-state index in [-0.39, 0.29) is 17.9 Å². The fourth-order valence-corrected chi connectivity index (χ4v) is 0.951. The van der Waals surface area contributed by atoms with Crippen LogP contribution in [0.25, 0.3) is 0 Å². The van der Waals surface area contributed by atoms with Gasteiger partial charge in [-0.15, -0.1) is 0 Å². The highest BCUT2D eigenvalue weighted by Crippen LogP contribution is 2.08. The van der Waals surface area contributed by atoms with Gasteiger partial charge in [-0.25, -0.2) is 10.6 Å². The van der Waals surface area contributed by atoms with E-state index in [4.69, 9.17) is 16.3 Å². The fourth-order valence-electron chi connectivity index (χ4n) is 0.951. The molecule has 0 atom stereocenters. The molecular formula is C7H14N8O2. The monoisotopic (exact) mass is 242 g/mol. The van der Waals surface area contributed by atoms with E-state index < -0.39 is 6.03 Å². The van der Waals surface area contributed by atoms with Crippen LogP contribution in [0.5, 0.6) is 6.01 Å². The molecule has 1 rings (SSSR count). The molecule has 0 aliphatic heterocycles. The Morgan fingerprint density at radius 2 is 2.00 bits per heavy atom. The summed E-state index contributed by atoms with van der Waals surface area (Å²) in [5.41, 5.74) is 7.18. The Hall–Kier alpha value is -2.36. The van der Waals surface area contributed by atoms with Crippen LogP contribution in [0.4, 0.5) is 16.7 Å². The first-order valence-corrected chi connectivity index (χ1v) is 4.69. The molecule has 0 bridgehead atoms. The van der Waals surface area contributed by atoms with Crippen molar-refractivity contribution in [1.82, 2.24) is 20.3 Å². The predicted octanol–water partition coefficient (Wildman–Crippen LogP) is -1.75. The summed E-state index contributed by atoms with van der Waals surface area (Å²) in [7, 11) is 1.42. The van der Waals surface area contributed by atoms with Gasteiger partial charge in [-0.05, 0) is 0 Å². The molecular weight excluding hydrogens is 228 g/mol. The van der Waals surface area contributed by atoms with Crippen molar-refractivity contribution in [2.75, 3.05) is 30.9 Å². The number of nitrogens with two attached hydrogens (primary N) is 2. The molecule has 0 spiro atoms. The Kier molecular flexibility index (Phi) is 4.69. The van der Waals surface area contributed by atoms with E-state index in [2.05, 4.69) is 31.0 Å². The second-order valence-electron chi connectivity index (χ2n) is 2.83. The number of methoxy groups -OCH3 is 1. The van der Waals surface area contributed by atoms with Gasteiger partial charge in [-0.3, -0.25) is 5.43 Å². The normalized spacial score (nSPS) is 9.53. The van der Waals surface area contributed by atoms with E-state index >= 15 is 0 Å². The molecule has 10 nitrogen and oxygen atoms in total. The molecule has 1 aromatic rings. The van der Waals surface area contributed by atoms with Crippen LogP contribution in [0.2, 0.25) is 0 Å². The minimum atomic E-state index is -0.593. The van der Waals surface area contributed by atoms with Crippen LogP contribution in [0.1, 0.15) is 0 Å². The lowest BCUT2D eigenvalue weighted by atomic mass is 10.6. The first kappa shape index (κ1) is 12.7. The quantitative estimate of drug-likeness (QED) is 0.223. The number of carbonyl (C=O) groups is 1. The predicted molar refractivity (Wildman–Crippen MR) is 60.3 cm³/mol. The molecule has 94 valence electrons. The molecule has 10 heteroatoms. The highest BCUT2D eigenvalue weighted by molar-refractivity contribution is 5.71. The molecule has 7 N–H and O–H groups in total. The first-order valence-electron chi connectivity index (χ1n) is 4.69. The Morgan fingerprint density at radius 3 is 2.59 bits per heavy atom. The van der Waals surface area contributed by atoms with Crippen LogP contribution >= 0.6 is 0 Å². The maximum Gasteiger partial charge on any atom is 0.322 e. The van der Waals surface area contributed by atoms with Gasteiger partial charge in [-0.1, -0.05) is 0 Å². The number of hydrazine groups is 1. The van der Waals surface area contributed by atoms with Crippen molar-refractivity contribution in [2.24, 2.45) is 11.6 Å². The second kappa shape index (κ2) is 6.27. The van der Waals surface area contributed by atoms with Crippen LogP contribution < -0.4 is 32.4 Å². The Labute approximate surface area is 97.1 Å². The first-order chi connectivity index (χ1) is 8.15. The second-order valence-corrected chi connectivity index (χ2v) is 2.83. The van der Waals surface area contributed by atoms with Crippen LogP contribution in [-0.4, -0.2) is 41.2 Å². The molecule has 1 aromatic heterocycles. The summed E-state index contributed by atoms with van der Waals surface area (Å²) in [5, 5.41) is 5.25. The highest BCUT2D eigenvalue weighted by atomic mass is 16.5. The molecule has 0 aliphatic rings. The topological polar surface area (TPSA) is 153 Å². The molecule has 0 aliphatic carbocycles. The number of nitrogens with zero attached hydrogens (tertiary/aromatic N) is 3. The lowest BCUT2D eigenvalue weighted by Gasteiger charge is -2.07. The molecule has 0 fully saturated rings. The van der Waals surface area contributed by atoms with E-state index in [0.717, 1.165) is 0 Å². The summed E-state index contributed by atoms with van der Waals surface area (Å²) in [6, 6.07) is -0.470. The van der Waals surface area contributed by atoms with Gasteiger partial charge in [-0.2, -0.15) is 15.0 Å². The SMILES string of the molecule is COc1nc(NN)nc(NCCNC(N)=O)n1. The number of amides is 2. The minimum absolute atomic E-state index is 0.123. The van der Waals surface area contributed by atoms with Crippen LogP contribution in [-0.2, 0) is 0 Å². The van der Waals surface area contributed by atoms with Gasteiger partial charge >= 0.3 is 12.0 Å². The third-order valence-corrected chi connectivity index (χ3v) is 1.63. The third-order valence-electron chi connectivity index (χ3n) is 1.63. The van der Waals surface area contributed by atoms with E-state index in [1.54, 1.807) is 0 Å². The van der Waals surface area contributed by atoms with E-state index in [0.29, 0.717) is 13.1 Å². The molecule has 0 unspecified atom stereocenters. The average molecular weight is 242 g/mol. The van der Waals surface area contributed by atoms with Crippen molar-refractivity contribution in [3.05, 3.63) is 0 Å². The summed E-state index contributed by atoms with van der Waals surface area (Å²) in [5.74, 6) is 5.62. The van der Waals surface area contributed by atoms with Crippen molar-refractivity contribution < 1.29 is 9.53 Å². The van der Waals surface area contributed by atoms with Gasteiger partial charge in [0.25, 0.3) is 0 Å². The summed E-state index contributed by atoms with van der Waals surface area (Å²) in [4.78, 5) is 22.1. The number of hydrogen-bond donors (Lipinski definition) is 5. The van der Waals surface area contributed by atoms with Gasteiger partial charge in [0, 0.05) is 13.1 Å². The van der Waals surface area contributed by atoms with Crippen LogP contribution in [0.15, 0.2) is 0 Å². The number of rotatable bonds is 6. The molecule has 0 aromatic carbocycles. The van der Waals surface area contributed by atoms with Crippen LogP contribution in [0, 0.1) is 0 Å². The number of urea groups is 1. The van der Waals surface area contributed by atoms with Crippen molar-refractivity contribution in [3.63, 3.8) is 0 Å². The molecule has 0 radical (unpaired) electrons. The third kappa shape index (κ3) is 4.34. The maximum atomic E-state index is 10.4. The standard InChI is InChI=1S/C7H14N8O2/c1-17-7-13-5(12-6(14-7)15-9)11-3-2-10-4(8)16/h2-3,9H2,1H3,(H3,8,10,16)(H2,11,12,13,14,15). The number of nitrogens with one attached hydrogen (secondary N) is 3. The summed E-state index contributed by atoms with van der Waals surface area (Å²) >= 11 is 0. The number of hydrogen-bond acceptors (Lipinski definition) is 8. The zero-order valence-electron chi connectivity index (χ0n) is 9.23. The highest BCUT2D eigenvalue weighted by Gasteiger charge is 2.04. The Bertz CT molecular complexity index is 362. The van der Waals surface area contributed by atoms with Crippen molar-refractivity contribution in [3.8, 4) is 6.01 Å². The van der Waals surface area contributed by atoms with E-state index in [9.17, 15) is 4.79 Å². The number of primary amides is 1. The van der Waals surface area contributed by atoms with Gasteiger partial charge in [0.05, 0.1) is 7.11 Å². The molecule has 1 heterocycles. The van der Waals surface area contributed by atoms with Gasteiger partial charge in [0.15, 0.2) is 0 Å². The molecule has 0 saturated heterocycles. The van der Waals surface area contributed by atoms with Crippen molar-refractivity contribution in [2.45, 2.75) is 0 Å². The summed E-state index contributed by atoms with van der Waals surface area (Å²) in [6.45, 7) is 0.745. The lowest BCUT2D eigenvalue weighted by molar-refractivity contribution is 0.249. The summed E-state index contributed by atoms with van der Waals surface area (Å²) in [6.07, 6.45) is 0. The van der Waals surface area contributed by atoms with Crippen molar-refractivity contribution >= 4 is 17.9 Å². The number of nitrogen functional groups attached to an aromatic ring is 1. The zero-order valence-corrected chi connectivity index (χ0v) is 9.23. The number of carbonyl (C=O) groups excluding carboxylic acids is 1. The minimum Gasteiger partial charge on any atom is -0.467 e. The van der Waals surface area contributed by atoms with E-state index in [1.165, 1.54) is 7.11 Å². The van der Waals surface area contributed by atoms with Crippen molar-refractivity contribution in [1.29, 1.82) is 0 Å². The molecule has 0 saturated carbocycles. The summed E-state index contributed by atoms with van der Waals surface area (Å²) < 4.78 is 4.85. The fraction of sp³-hybridized carbons (Fsp3) is 0.429.